The van der Waals surface area contributed by atoms with Crippen molar-refractivity contribution in [2.75, 3.05) is 13.1 Å². The Morgan fingerprint density at radius 3 is 2.35 bits per heavy atom. The number of ether oxygens (including phenoxy) is 1. The highest BCUT2D eigenvalue weighted by molar-refractivity contribution is 5.11. The Morgan fingerprint density at radius 2 is 1.82 bits per heavy atom. The molecule has 2 bridgehead atoms. The standard InChI is InChI=1S/C14H25NO2/c1-13(2)10-6-7-14(3,17-13)12(11(10)16)15-8-4-5-9-15/h10-12,16H,4-9H2,1-3H3/t10-,11-,12-,14-/m1/s1. The highest BCUT2D eigenvalue weighted by Gasteiger charge is 2.60. The van der Waals surface area contributed by atoms with Gasteiger partial charge in [-0.25, -0.2) is 0 Å². The quantitative estimate of drug-likeness (QED) is 0.757. The number of aliphatic hydroxyl groups excluding tert-OH is 1. The summed E-state index contributed by atoms with van der Waals surface area (Å²) in [6, 6.07) is 0.219. The first-order valence-corrected chi connectivity index (χ1v) is 7.06. The molecule has 0 aromatic rings. The molecular weight excluding hydrogens is 214 g/mol. The van der Waals surface area contributed by atoms with Gasteiger partial charge in [-0.3, -0.25) is 4.90 Å². The first-order chi connectivity index (χ1) is 7.94. The van der Waals surface area contributed by atoms with E-state index in [4.69, 9.17) is 4.74 Å². The molecule has 1 N–H and O–H groups in total. The van der Waals surface area contributed by atoms with E-state index in [2.05, 4.69) is 25.7 Å². The zero-order valence-electron chi connectivity index (χ0n) is 11.3. The minimum absolute atomic E-state index is 0.151. The van der Waals surface area contributed by atoms with Gasteiger partial charge in [0, 0.05) is 5.92 Å². The van der Waals surface area contributed by atoms with Gasteiger partial charge in [-0.2, -0.15) is 0 Å². The summed E-state index contributed by atoms with van der Waals surface area (Å²) >= 11 is 0. The Bertz CT molecular complexity index is 311. The lowest BCUT2D eigenvalue weighted by atomic mass is 9.64. The molecule has 3 nitrogen and oxygen atoms in total. The second kappa shape index (κ2) is 3.69. The summed E-state index contributed by atoms with van der Waals surface area (Å²) < 4.78 is 6.35. The van der Waals surface area contributed by atoms with Gasteiger partial charge >= 0.3 is 0 Å². The molecule has 4 rings (SSSR count). The van der Waals surface area contributed by atoms with E-state index in [9.17, 15) is 5.11 Å². The van der Waals surface area contributed by atoms with Crippen molar-refractivity contribution in [1.82, 2.24) is 4.90 Å². The smallest absolute Gasteiger partial charge is 0.0841 e. The fourth-order valence-electron chi connectivity index (χ4n) is 4.51. The molecule has 0 aromatic carbocycles. The lowest BCUT2D eigenvalue weighted by Gasteiger charge is -2.61. The van der Waals surface area contributed by atoms with Gasteiger partial charge in [-0.05, 0) is 59.5 Å². The normalized spacial score (nSPS) is 49.8. The summed E-state index contributed by atoms with van der Waals surface area (Å²) in [4.78, 5) is 2.46. The van der Waals surface area contributed by atoms with Crippen molar-refractivity contribution in [2.24, 2.45) is 5.92 Å². The largest absolute Gasteiger partial charge is 0.391 e. The molecule has 0 aromatic heterocycles. The summed E-state index contributed by atoms with van der Waals surface area (Å²) in [7, 11) is 0. The molecule has 3 aliphatic heterocycles. The average molecular weight is 239 g/mol. The molecule has 1 saturated carbocycles. The van der Waals surface area contributed by atoms with Crippen LogP contribution < -0.4 is 0 Å². The molecule has 3 saturated heterocycles. The van der Waals surface area contributed by atoms with Gasteiger partial charge in [0.1, 0.15) is 0 Å². The molecule has 0 unspecified atom stereocenters. The number of hydrogen-bond donors (Lipinski definition) is 1. The predicted octanol–water partition coefficient (Wildman–Crippen LogP) is 1.79. The highest BCUT2D eigenvalue weighted by atomic mass is 16.5. The third-order valence-corrected chi connectivity index (χ3v) is 5.24. The van der Waals surface area contributed by atoms with Gasteiger partial charge in [0.05, 0.1) is 23.3 Å². The molecule has 17 heavy (non-hydrogen) atoms. The molecule has 4 fully saturated rings. The highest BCUT2D eigenvalue weighted by Crippen LogP contribution is 2.51. The van der Waals surface area contributed by atoms with Crippen LogP contribution in [0.15, 0.2) is 0 Å². The van der Waals surface area contributed by atoms with Crippen molar-refractivity contribution in [3.05, 3.63) is 0 Å². The van der Waals surface area contributed by atoms with Crippen molar-refractivity contribution in [2.45, 2.75) is 69.8 Å². The average Bonchev–Trinajstić information content (AvgIpc) is 2.67. The molecule has 0 radical (unpaired) electrons. The van der Waals surface area contributed by atoms with Crippen molar-refractivity contribution < 1.29 is 9.84 Å². The molecule has 0 spiro atoms. The number of hydrogen-bond acceptors (Lipinski definition) is 3. The maximum atomic E-state index is 10.7. The van der Waals surface area contributed by atoms with E-state index in [0.29, 0.717) is 5.92 Å². The van der Waals surface area contributed by atoms with E-state index < -0.39 is 0 Å². The third-order valence-electron chi connectivity index (χ3n) is 5.24. The molecule has 98 valence electrons. The van der Waals surface area contributed by atoms with Gasteiger partial charge in [0.25, 0.3) is 0 Å². The van der Waals surface area contributed by atoms with Gasteiger partial charge in [-0.15, -0.1) is 0 Å². The number of aliphatic hydroxyl groups is 1. The van der Waals surface area contributed by atoms with Crippen LogP contribution >= 0.6 is 0 Å². The van der Waals surface area contributed by atoms with E-state index >= 15 is 0 Å². The summed E-state index contributed by atoms with van der Waals surface area (Å²) in [6.07, 6.45) is 4.53. The van der Waals surface area contributed by atoms with Gasteiger partial charge in [0.15, 0.2) is 0 Å². The minimum atomic E-state index is -0.212. The van der Waals surface area contributed by atoms with Crippen LogP contribution in [0.1, 0.15) is 46.5 Å². The fourth-order valence-corrected chi connectivity index (χ4v) is 4.51. The predicted molar refractivity (Wildman–Crippen MR) is 66.9 cm³/mol. The van der Waals surface area contributed by atoms with Gasteiger partial charge < -0.3 is 9.84 Å². The topological polar surface area (TPSA) is 32.7 Å². The Kier molecular flexibility index (Phi) is 2.59. The van der Waals surface area contributed by atoms with Crippen LogP contribution in [0.5, 0.6) is 0 Å². The zero-order valence-corrected chi connectivity index (χ0v) is 11.3. The van der Waals surface area contributed by atoms with Crippen LogP contribution in [-0.4, -0.2) is 46.4 Å². The van der Waals surface area contributed by atoms with E-state index in [1.165, 1.54) is 12.8 Å². The lowest BCUT2D eigenvalue weighted by Crippen LogP contribution is -2.72. The van der Waals surface area contributed by atoms with Crippen molar-refractivity contribution in [3.8, 4) is 0 Å². The molecule has 0 amide bonds. The monoisotopic (exact) mass is 239 g/mol. The Labute approximate surface area is 104 Å². The first-order valence-electron chi connectivity index (χ1n) is 7.06. The van der Waals surface area contributed by atoms with Gasteiger partial charge in [-0.1, -0.05) is 0 Å². The van der Waals surface area contributed by atoms with Crippen molar-refractivity contribution in [3.63, 3.8) is 0 Å². The lowest BCUT2D eigenvalue weighted by molar-refractivity contribution is -0.294. The summed E-state index contributed by atoms with van der Waals surface area (Å²) in [5.41, 5.74) is -0.315. The summed E-state index contributed by atoms with van der Waals surface area (Å²) in [6.45, 7) is 8.75. The summed E-state index contributed by atoms with van der Waals surface area (Å²) in [5.74, 6) is 0.301. The van der Waals surface area contributed by atoms with E-state index in [-0.39, 0.29) is 23.3 Å². The van der Waals surface area contributed by atoms with Crippen LogP contribution in [0.3, 0.4) is 0 Å². The van der Waals surface area contributed by atoms with E-state index in [1.54, 1.807) is 0 Å². The minimum Gasteiger partial charge on any atom is -0.391 e. The second-order valence-electron chi connectivity index (χ2n) is 6.84. The zero-order chi connectivity index (χ0) is 12.3. The van der Waals surface area contributed by atoms with E-state index in [0.717, 1.165) is 25.9 Å². The number of likely N-dealkylation sites (tertiary alicyclic amines) is 1. The third kappa shape index (κ3) is 1.66. The van der Waals surface area contributed by atoms with Crippen LogP contribution in [0.2, 0.25) is 0 Å². The van der Waals surface area contributed by atoms with Gasteiger partial charge in [0.2, 0.25) is 0 Å². The Hall–Kier alpha value is -0.120. The molecule has 3 heterocycles. The fraction of sp³-hybridized carbons (Fsp3) is 1.00. The molecule has 1 aliphatic carbocycles. The summed E-state index contributed by atoms with van der Waals surface area (Å²) in [5, 5.41) is 10.7. The molecule has 4 atom stereocenters. The first kappa shape index (κ1) is 11.9. The Balaban J connectivity index is 1.90. The number of fused-ring (bicyclic) bond motifs is 3. The molecule has 4 aliphatic rings. The maximum Gasteiger partial charge on any atom is 0.0841 e. The Morgan fingerprint density at radius 1 is 1.18 bits per heavy atom. The van der Waals surface area contributed by atoms with Crippen molar-refractivity contribution in [1.29, 1.82) is 0 Å². The molecule has 3 heteroatoms. The number of nitrogens with zero attached hydrogens (tertiary/aromatic N) is 1. The van der Waals surface area contributed by atoms with E-state index in [1.807, 2.05) is 0 Å². The second-order valence-corrected chi connectivity index (χ2v) is 6.84. The SMILES string of the molecule is CC1(C)O[C@]2(C)CC[C@@H]1[C@@H](O)[C@H]2N1CCCC1. The number of rotatable bonds is 1. The van der Waals surface area contributed by atoms with Crippen molar-refractivity contribution >= 4 is 0 Å². The van der Waals surface area contributed by atoms with Crippen LogP contribution in [0, 0.1) is 5.92 Å². The molecular formula is C14H25NO2. The maximum absolute atomic E-state index is 10.7. The van der Waals surface area contributed by atoms with Crippen LogP contribution in [0.4, 0.5) is 0 Å². The van der Waals surface area contributed by atoms with Crippen LogP contribution in [0.25, 0.3) is 0 Å². The van der Waals surface area contributed by atoms with Crippen LogP contribution in [-0.2, 0) is 4.74 Å².